The molecule has 0 bridgehead atoms. The summed E-state index contributed by atoms with van der Waals surface area (Å²) in [5.74, 6) is -1.14. The van der Waals surface area contributed by atoms with Gasteiger partial charge in [-0.15, -0.1) is 0 Å². The van der Waals surface area contributed by atoms with Crippen molar-refractivity contribution in [3.63, 3.8) is 0 Å². The summed E-state index contributed by atoms with van der Waals surface area (Å²) in [5, 5.41) is 3.64. The van der Waals surface area contributed by atoms with Gasteiger partial charge in [0.1, 0.15) is 0 Å². The Morgan fingerprint density at radius 1 is 1.19 bits per heavy atom. The molecule has 0 aliphatic rings. The fraction of sp³-hybridized carbons (Fsp3) is 0.350. The summed E-state index contributed by atoms with van der Waals surface area (Å²) < 4.78 is 63.7. The van der Waals surface area contributed by atoms with Crippen molar-refractivity contribution >= 4 is 32.5 Å². The van der Waals surface area contributed by atoms with Crippen molar-refractivity contribution in [3.05, 3.63) is 47.4 Å². The summed E-state index contributed by atoms with van der Waals surface area (Å²) in [7, 11) is -3.39. The third-order valence-electron chi connectivity index (χ3n) is 4.77. The molecule has 2 aromatic heterocycles. The first-order chi connectivity index (χ1) is 14.3. The zero-order valence-electron chi connectivity index (χ0n) is 17.2. The third-order valence-corrected chi connectivity index (χ3v) is 5.88. The maximum atomic E-state index is 13.4. The molecule has 0 saturated heterocycles. The molecule has 0 aliphatic carbocycles. The van der Waals surface area contributed by atoms with Gasteiger partial charge < -0.3 is 10.3 Å². The van der Waals surface area contributed by atoms with Gasteiger partial charge in [-0.2, -0.15) is 13.2 Å². The monoisotopic (exact) mass is 454 g/mol. The number of carbonyl (C=O) groups is 1. The first-order valence-electron chi connectivity index (χ1n) is 9.32. The number of H-pyrrole nitrogens is 1. The number of nitrogens with one attached hydrogen (secondary N) is 2. The molecule has 31 heavy (non-hydrogen) atoms. The van der Waals surface area contributed by atoms with Gasteiger partial charge in [0.2, 0.25) is 5.95 Å². The van der Waals surface area contributed by atoms with E-state index < -0.39 is 39.1 Å². The molecular formula is C20H21F3N4O3S. The number of fused-ring (bicyclic) bond motifs is 1. The van der Waals surface area contributed by atoms with Gasteiger partial charge in [-0.1, -0.05) is 19.9 Å². The molecule has 0 spiro atoms. The minimum absolute atomic E-state index is 0.0899. The maximum Gasteiger partial charge on any atom is 0.434 e. The van der Waals surface area contributed by atoms with Crippen LogP contribution in [0.5, 0.6) is 0 Å². The predicted molar refractivity (Wildman–Crippen MR) is 110 cm³/mol. The zero-order chi connectivity index (χ0) is 23.1. The molecule has 2 N–H and O–H groups in total. The normalized spacial score (nSPS) is 13.5. The average Bonchev–Trinajstić information content (AvgIpc) is 3.06. The molecule has 11 heteroatoms. The van der Waals surface area contributed by atoms with E-state index >= 15 is 0 Å². The number of hydrogen-bond acceptors (Lipinski definition) is 6. The summed E-state index contributed by atoms with van der Waals surface area (Å²) >= 11 is 0. The summed E-state index contributed by atoms with van der Waals surface area (Å²) in [6, 6.07) is 5.94. The van der Waals surface area contributed by atoms with E-state index in [1.54, 1.807) is 12.1 Å². The number of alkyl halides is 3. The highest BCUT2D eigenvalue weighted by molar-refractivity contribution is 7.90. The van der Waals surface area contributed by atoms with E-state index in [2.05, 4.69) is 20.3 Å². The number of halogens is 3. The Bertz CT molecular complexity index is 1250. The lowest BCUT2D eigenvalue weighted by atomic mass is 10.0. The van der Waals surface area contributed by atoms with E-state index in [1.165, 1.54) is 12.1 Å². The Hall–Kier alpha value is -2.95. The van der Waals surface area contributed by atoms with Crippen LogP contribution in [0.25, 0.3) is 10.9 Å². The van der Waals surface area contributed by atoms with Crippen LogP contribution in [0.4, 0.5) is 19.1 Å². The highest BCUT2D eigenvalue weighted by atomic mass is 32.2. The van der Waals surface area contributed by atoms with Crippen LogP contribution in [-0.4, -0.2) is 35.4 Å². The number of anilines is 1. The van der Waals surface area contributed by atoms with Crippen LogP contribution in [-0.2, 0) is 16.0 Å². The molecular weight excluding hydrogens is 433 g/mol. The second-order valence-electron chi connectivity index (χ2n) is 7.62. The van der Waals surface area contributed by atoms with Crippen molar-refractivity contribution in [1.82, 2.24) is 15.0 Å². The van der Waals surface area contributed by atoms with E-state index in [0.717, 1.165) is 24.8 Å². The Morgan fingerprint density at radius 3 is 2.42 bits per heavy atom. The van der Waals surface area contributed by atoms with Crippen molar-refractivity contribution in [3.8, 4) is 0 Å². The van der Waals surface area contributed by atoms with Crippen LogP contribution in [0.3, 0.4) is 0 Å². The molecule has 7 nitrogen and oxygen atoms in total. The fourth-order valence-corrected chi connectivity index (χ4v) is 3.84. The van der Waals surface area contributed by atoms with Gasteiger partial charge in [-0.25, -0.2) is 18.4 Å². The second kappa shape index (κ2) is 7.95. The van der Waals surface area contributed by atoms with E-state index in [9.17, 15) is 26.4 Å². The fourth-order valence-electron chi connectivity index (χ4n) is 3.19. The van der Waals surface area contributed by atoms with Crippen molar-refractivity contribution in [2.45, 2.75) is 37.9 Å². The van der Waals surface area contributed by atoms with Gasteiger partial charge in [-0.05, 0) is 36.4 Å². The van der Waals surface area contributed by atoms with E-state index in [-0.39, 0.29) is 16.8 Å². The molecule has 3 aromatic rings. The number of sulfone groups is 1. The quantitative estimate of drug-likeness (QED) is 0.535. The minimum Gasteiger partial charge on any atom is -0.357 e. The molecule has 0 radical (unpaired) electrons. The summed E-state index contributed by atoms with van der Waals surface area (Å²) in [6.45, 7) is 4.74. The van der Waals surface area contributed by atoms with Crippen LogP contribution in [0, 0.1) is 5.92 Å². The van der Waals surface area contributed by atoms with Gasteiger partial charge in [0.25, 0.3) is 0 Å². The van der Waals surface area contributed by atoms with Crippen LogP contribution in [0.15, 0.2) is 35.4 Å². The number of nitrogens with zero attached hydrogens (tertiary/aromatic N) is 2. The van der Waals surface area contributed by atoms with Gasteiger partial charge in [0, 0.05) is 23.7 Å². The number of ketones is 1. The summed E-state index contributed by atoms with van der Waals surface area (Å²) in [4.78, 5) is 22.2. The summed E-state index contributed by atoms with van der Waals surface area (Å²) in [6.07, 6.45) is -2.84. The number of carbonyl (C=O) groups excluding carboxylic acids is 1. The lowest BCUT2D eigenvalue weighted by Gasteiger charge is -2.22. The molecule has 3 rings (SSSR count). The van der Waals surface area contributed by atoms with Crippen molar-refractivity contribution < 1.29 is 26.4 Å². The number of aromatic nitrogens is 3. The largest absolute Gasteiger partial charge is 0.434 e. The maximum absolute atomic E-state index is 13.4. The molecule has 166 valence electrons. The molecule has 1 aromatic carbocycles. The van der Waals surface area contributed by atoms with Crippen molar-refractivity contribution in [2.75, 3.05) is 11.6 Å². The zero-order valence-corrected chi connectivity index (χ0v) is 18.0. The number of hydrogen-bond donors (Lipinski definition) is 2. The molecule has 0 saturated carbocycles. The standard InChI is InChI=1S/C20H21F3N4O3S/c1-10(2)17(16-7-12-5-6-13(31(4,29)30)8-15(12)25-16)26-19-24-9-14(11(3)28)18(27-19)20(21,22)23/h5-10,17,25H,1-4H3,(H,24,26,27)/t17-/m0/s1. The Balaban J connectivity index is 2.01. The summed E-state index contributed by atoms with van der Waals surface area (Å²) in [5.41, 5.74) is -0.690. The number of Topliss-reactive ketones (excluding diaryl/α,β-unsaturated/α-hetero) is 1. The van der Waals surface area contributed by atoms with Gasteiger partial charge in [0.15, 0.2) is 21.3 Å². The van der Waals surface area contributed by atoms with Crippen LogP contribution in [0.1, 0.15) is 48.6 Å². The van der Waals surface area contributed by atoms with Crippen LogP contribution in [0.2, 0.25) is 0 Å². The SMILES string of the molecule is CC(=O)c1cnc(N[C@H](c2cc3ccc(S(C)(=O)=O)cc3[nH]2)C(C)C)nc1C(F)(F)F. The van der Waals surface area contributed by atoms with Gasteiger partial charge >= 0.3 is 6.18 Å². The number of benzene rings is 1. The van der Waals surface area contributed by atoms with Crippen molar-refractivity contribution in [1.29, 1.82) is 0 Å². The first-order valence-corrected chi connectivity index (χ1v) is 11.2. The smallest absolute Gasteiger partial charge is 0.357 e. The Morgan fingerprint density at radius 2 is 1.87 bits per heavy atom. The molecule has 0 amide bonds. The topological polar surface area (TPSA) is 105 Å². The highest BCUT2D eigenvalue weighted by Gasteiger charge is 2.37. The van der Waals surface area contributed by atoms with Crippen LogP contribution < -0.4 is 5.32 Å². The van der Waals surface area contributed by atoms with Gasteiger partial charge in [-0.3, -0.25) is 4.79 Å². The lowest BCUT2D eigenvalue weighted by molar-refractivity contribution is -0.141. The van der Waals surface area contributed by atoms with Crippen molar-refractivity contribution in [2.24, 2.45) is 5.92 Å². The number of aromatic amines is 1. The third kappa shape index (κ3) is 4.87. The average molecular weight is 454 g/mol. The predicted octanol–water partition coefficient (Wildman–Crippen LogP) is 4.39. The van der Waals surface area contributed by atoms with E-state index in [0.29, 0.717) is 11.2 Å². The molecule has 0 aliphatic heterocycles. The Labute approximate surface area is 177 Å². The minimum atomic E-state index is -4.81. The van der Waals surface area contributed by atoms with E-state index in [4.69, 9.17) is 0 Å². The Kier molecular flexibility index (Phi) is 5.83. The highest BCUT2D eigenvalue weighted by Crippen LogP contribution is 2.33. The number of rotatable bonds is 6. The first kappa shape index (κ1) is 22.7. The van der Waals surface area contributed by atoms with Crippen LogP contribution >= 0.6 is 0 Å². The molecule has 0 fully saturated rings. The molecule has 1 atom stereocenters. The second-order valence-corrected chi connectivity index (χ2v) is 9.64. The van der Waals surface area contributed by atoms with Gasteiger partial charge in [0.05, 0.1) is 16.5 Å². The lowest BCUT2D eigenvalue weighted by Crippen LogP contribution is -2.21. The molecule has 0 unspecified atom stereocenters. The molecule has 2 heterocycles. The van der Waals surface area contributed by atoms with E-state index in [1.807, 2.05) is 13.8 Å².